The average Bonchev–Trinajstić information content (AvgIpc) is 2.51. The SMILES string of the molecule is CC(=O)O[Si](OC(C)=O)c1ccc2c(c1)COC(C)(CCC(C)C)O2. The Hall–Kier alpha value is -1.86. The summed E-state index contributed by atoms with van der Waals surface area (Å²) in [4.78, 5) is 22.5. The van der Waals surface area contributed by atoms with Gasteiger partial charge in [-0.05, 0) is 24.5 Å². The van der Waals surface area contributed by atoms with E-state index in [1.54, 1.807) is 6.07 Å². The third-order valence-electron chi connectivity index (χ3n) is 3.80. The summed E-state index contributed by atoms with van der Waals surface area (Å²) in [7, 11) is -2.21. The molecule has 1 atom stereocenters. The molecule has 137 valence electrons. The van der Waals surface area contributed by atoms with E-state index in [4.69, 9.17) is 18.3 Å². The average molecular weight is 365 g/mol. The van der Waals surface area contributed by atoms with Gasteiger partial charge in [0.1, 0.15) is 5.75 Å². The van der Waals surface area contributed by atoms with Crippen LogP contribution in [-0.4, -0.2) is 27.0 Å². The lowest BCUT2D eigenvalue weighted by Gasteiger charge is -2.36. The van der Waals surface area contributed by atoms with Crippen LogP contribution in [0.1, 0.15) is 53.0 Å². The first kappa shape index (κ1) is 19.5. The maximum Gasteiger partial charge on any atom is 0.576 e. The Kier molecular flexibility index (Phi) is 6.24. The molecule has 0 spiro atoms. The number of carbonyl (C=O) groups is 2. The number of benzene rings is 1. The quantitative estimate of drug-likeness (QED) is 0.722. The first-order chi connectivity index (χ1) is 11.7. The first-order valence-electron chi connectivity index (χ1n) is 8.38. The molecule has 1 radical (unpaired) electrons. The molecule has 2 rings (SSSR count). The van der Waals surface area contributed by atoms with E-state index in [0.717, 1.165) is 24.2 Å². The smallest absolute Gasteiger partial charge is 0.480 e. The summed E-state index contributed by atoms with van der Waals surface area (Å²) in [5.74, 6) is -0.292. The lowest BCUT2D eigenvalue weighted by molar-refractivity contribution is -0.198. The van der Waals surface area contributed by atoms with E-state index in [2.05, 4.69) is 13.8 Å². The summed E-state index contributed by atoms with van der Waals surface area (Å²) in [5.41, 5.74) is 0.848. The molecule has 0 bridgehead atoms. The highest BCUT2D eigenvalue weighted by Crippen LogP contribution is 2.34. The van der Waals surface area contributed by atoms with Crippen molar-refractivity contribution in [3.63, 3.8) is 0 Å². The van der Waals surface area contributed by atoms with Crippen molar-refractivity contribution in [2.24, 2.45) is 5.92 Å². The molecule has 0 amide bonds. The summed E-state index contributed by atoms with van der Waals surface area (Å²) in [6, 6.07) is 5.41. The number of fused-ring (bicyclic) bond motifs is 1. The minimum Gasteiger partial charge on any atom is -0.480 e. The normalized spacial score (nSPS) is 19.3. The lowest BCUT2D eigenvalue weighted by atomic mass is 10.0. The Morgan fingerprint density at radius 3 is 2.44 bits per heavy atom. The molecule has 0 aromatic heterocycles. The largest absolute Gasteiger partial charge is 0.576 e. The second-order valence-corrected chi connectivity index (χ2v) is 8.31. The van der Waals surface area contributed by atoms with Crippen molar-refractivity contribution in [2.45, 2.75) is 59.9 Å². The molecule has 0 fully saturated rings. The zero-order valence-corrected chi connectivity index (χ0v) is 16.4. The Morgan fingerprint density at radius 2 is 1.88 bits per heavy atom. The van der Waals surface area contributed by atoms with Crippen LogP contribution >= 0.6 is 0 Å². The molecule has 0 aliphatic carbocycles. The van der Waals surface area contributed by atoms with Crippen LogP contribution < -0.4 is 9.92 Å². The van der Waals surface area contributed by atoms with Crippen LogP contribution in [0, 0.1) is 5.92 Å². The van der Waals surface area contributed by atoms with Crippen LogP contribution in [0.3, 0.4) is 0 Å². The van der Waals surface area contributed by atoms with Gasteiger partial charge in [-0.2, -0.15) is 0 Å². The van der Waals surface area contributed by atoms with Crippen LogP contribution in [0.25, 0.3) is 0 Å². The summed E-state index contributed by atoms with van der Waals surface area (Å²) < 4.78 is 22.3. The number of ether oxygens (including phenoxy) is 2. The van der Waals surface area contributed by atoms with Crippen molar-refractivity contribution >= 4 is 26.4 Å². The van der Waals surface area contributed by atoms with Crippen LogP contribution in [-0.2, 0) is 29.8 Å². The molecule has 1 unspecified atom stereocenters. The predicted octanol–water partition coefficient (Wildman–Crippen LogP) is 2.57. The molecule has 0 N–H and O–H groups in total. The van der Waals surface area contributed by atoms with Crippen molar-refractivity contribution in [1.82, 2.24) is 0 Å². The van der Waals surface area contributed by atoms with E-state index >= 15 is 0 Å². The lowest BCUT2D eigenvalue weighted by Crippen LogP contribution is -2.42. The second-order valence-electron chi connectivity index (χ2n) is 6.75. The minimum atomic E-state index is -2.21. The van der Waals surface area contributed by atoms with Gasteiger partial charge in [0.15, 0.2) is 0 Å². The maximum absolute atomic E-state index is 11.3. The molecule has 0 saturated heterocycles. The Balaban J connectivity index is 2.17. The summed E-state index contributed by atoms with van der Waals surface area (Å²) in [6.07, 6.45) is 1.82. The molecular formula is C18H25O6Si. The summed E-state index contributed by atoms with van der Waals surface area (Å²) in [6.45, 7) is 9.25. The van der Waals surface area contributed by atoms with Gasteiger partial charge in [-0.15, -0.1) is 0 Å². The monoisotopic (exact) mass is 365 g/mol. The molecule has 1 aliphatic heterocycles. The van der Waals surface area contributed by atoms with Crippen LogP contribution in [0.15, 0.2) is 18.2 Å². The van der Waals surface area contributed by atoms with Crippen LogP contribution in [0.5, 0.6) is 5.75 Å². The minimum absolute atomic E-state index is 0.396. The van der Waals surface area contributed by atoms with E-state index in [1.807, 2.05) is 19.1 Å². The van der Waals surface area contributed by atoms with Crippen molar-refractivity contribution in [3.8, 4) is 5.75 Å². The van der Waals surface area contributed by atoms with Gasteiger partial charge in [-0.3, -0.25) is 9.59 Å². The number of carbonyl (C=O) groups excluding carboxylic acids is 2. The Bertz CT molecular complexity index is 628. The molecular weight excluding hydrogens is 340 g/mol. The highest BCUT2D eigenvalue weighted by Gasteiger charge is 2.34. The van der Waals surface area contributed by atoms with Crippen molar-refractivity contribution in [3.05, 3.63) is 23.8 Å². The zero-order chi connectivity index (χ0) is 18.6. The number of rotatable bonds is 6. The van der Waals surface area contributed by atoms with Crippen molar-refractivity contribution < 1.29 is 27.9 Å². The summed E-state index contributed by atoms with van der Waals surface area (Å²) >= 11 is 0. The van der Waals surface area contributed by atoms with Gasteiger partial charge in [0.25, 0.3) is 11.9 Å². The Morgan fingerprint density at radius 1 is 1.24 bits per heavy atom. The molecule has 1 aromatic carbocycles. The fourth-order valence-electron chi connectivity index (χ4n) is 2.49. The Labute approximate surface area is 150 Å². The highest BCUT2D eigenvalue weighted by atomic mass is 28.3. The van der Waals surface area contributed by atoms with E-state index in [9.17, 15) is 9.59 Å². The van der Waals surface area contributed by atoms with Gasteiger partial charge < -0.3 is 18.3 Å². The van der Waals surface area contributed by atoms with Gasteiger partial charge in [0.2, 0.25) is 5.79 Å². The third-order valence-corrected chi connectivity index (χ3v) is 5.53. The molecule has 25 heavy (non-hydrogen) atoms. The van der Waals surface area contributed by atoms with Crippen LogP contribution in [0.2, 0.25) is 0 Å². The number of hydrogen-bond acceptors (Lipinski definition) is 6. The van der Waals surface area contributed by atoms with Gasteiger partial charge >= 0.3 is 9.28 Å². The molecule has 6 nitrogen and oxygen atoms in total. The van der Waals surface area contributed by atoms with E-state index in [0.29, 0.717) is 17.7 Å². The van der Waals surface area contributed by atoms with Gasteiger partial charge in [0.05, 0.1) is 6.61 Å². The molecule has 1 aliphatic rings. The molecule has 1 aromatic rings. The van der Waals surface area contributed by atoms with Gasteiger partial charge in [0, 0.05) is 37.9 Å². The molecule has 0 saturated carbocycles. The fourth-order valence-corrected chi connectivity index (χ4v) is 3.80. The number of hydrogen-bond donors (Lipinski definition) is 0. The van der Waals surface area contributed by atoms with E-state index in [-0.39, 0.29) is 0 Å². The zero-order valence-electron chi connectivity index (χ0n) is 15.4. The third kappa shape index (κ3) is 5.57. The molecule has 7 heteroatoms. The van der Waals surface area contributed by atoms with Gasteiger partial charge in [-0.1, -0.05) is 19.9 Å². The van der Waals surface area contributed by atoms with Crippen molar-refractivity contribution in [1.29, 1.82) is 0 Å². The maximum atomic E-state index is 11.3. The topological polar surface area (TPSA) is 71.1 Å². The fraction of sp³-hybridized carbons (Fsp3) is 0.556. The van der Waals surface area contributed by atoms with Crippen molar-refractivity contribution in [2.75, 3.05) is 0 Å². The van der Waals surface area contributed by atoms with E-state index in [1.165, 1.54) is 13.8 Å². The first-order valence-corrected chi connectivity index (χ1v) is 9.70. The molecule has 1 heterocycles. The van der Waals surface area contributed by atoms with E-state index < -0.39 is 27.0 Å². The summed E-state index contributed by atoms with van der Waals surface area (Å²) in [5, 5.41) is 0.659. The standard InChI is InChI=1S/C18H25O6Si/c1-12(2)8-9-18(5)21-11-15-10-16(6-7-17(15)22-18)25(23-13(3)19)24-14(4)20/h6-7,10,12H,8-9,11H2,1-5H3. The predicted molar refractivity (Wildman–Crippen MR) is 93.3 cm³/mol. The van der Waals surface area contributed by atoms with Crippen LogP contribution in [0.4, 0.5) is 0 Å². The highest BCUT2D eigenvalue weighted by molar-refractivity contribution is 6.64. The second kappa shape index (κ2) is 8.01. The van der Waals surface area contributed by atoms with Gasteiger partial charge in [-0.25, -0.2) is 0 Å².